The number of carbonyl (C=O) groups excluding carboxylic acids is 2. The Labute approximate surface area is 199 Å². The normalized spacial score (nSPS) is 15.8. The molecular weight excluding hydrogens is 430 g/mol. The second kappa shape index (κ2) is 10.9. The van der Waals surface area contributed by atoms with Crippen LogP contribution in [0.5, 0.6) is 5.75 Å². The van der Waals surface area contributed by atoms with E-state index in [0.717, 1.165) is 22.3 Å². The van der Waals surface area contributed by atoms with Crippen molar-refractivity contribution in [1.29, 1.82) is 0 Å². The van der Waals surface area contributed by atoms with Crippen molar-refractivity contribution in [3.63, 3.8) is 0 Å². The number of fused-ring (bicyclic) bond motifs is 1. The SMILES string of the molecule is N[C@@H](Cc1ccc(O)cc1)C(=O)N1Cc2ccccc2C[C@H]1CNC(=O)OCc1ccccc1. The van der Waals surface area contributed by atoms with Crippen molar-refractivity contribution < 1.29 is 19.4 Å². The van der Waals surface area contributed by atoms with E-state index in [2.05, 4.69) is 5.32 Å². The lowest BCUT2D eigenvalue weighted by Crippen LogP contribution is -2.55. The van der Waals surface area contributed by atoms with Gasteiger partial charge in [0.2, 0.25) is 5.91 Å². The van der Waals surface area contributed by atoms with E-state index in [-0.39, 0.29) is 30.9 Å². The fourth-order valence-electron chi connectivity index (χ4n) is 4.19. The molecule has 2 amide bonds. The summed E-state index contributed by atoms with van der Waals surface area (Å²) in [6.07, 6.45) is 0.451. The van der Waals surface area contributed by atoms with E-state index in [1.165, 1.54) is 0 Å². The van der Waals surface area contributed by atoms with Crippen LogP contribution in [-0.4, -0.2) is 40.6 Å². The summed E-state index contributed by atoms with van der Waals surface area (Å²) in [4.78, 5) is 27.4. The lowest BCUT2D eigenvalue weighted by atomic mass is 9.92. The largest absolute Gasteiger partial charge is 0.508 e. The molecule has 7 heteroatoms. The molecule has 1 heterocycles. The number of nitrogens with one attached hydrogen (secondary N) is 1. The van der Waals surface area contributed by atoms with Crippen LogP contribution < -0.4 is 11.1 Å². The third-order valence-electron chi connectivity index (χ3n) is 6.04. The fraction of sp³-hybridized carbons (Fsp3) is 0.259. The molecule has 176 valence electrons. The summed E-state index contributed by atoms with van der Waals surface area (Å²) in [6.45, 7) is 0.879. The van der Waals surface area contributed by atoms with Gasteiger partial charge in [0, 0.05) is 13.1 Å². The molecule has 0 spiro atoms. The number of carbonyl (C=O) groups is 2. The van der Waals surface area contributed by atoms with Crippen LogP contribution in [0.25, 0.3) is 0 Å². The van der Waals surface area contributed by atoms with E-state index in [0.29, 0.717) is 19.4 Å². The number of benzene rings is 3. The van der Waals surface area contributed by atoms with Crippen LogP contribution in [0.1, 0.15) is 22.3 Å². The molecule has 2 atom stereocenters. The highest BCUT2D eigenvalue weighted by Gasteiger charge is 2.32. The van der Waals surface area contributed by atoms with Gasteiger partial charge < -0.3 is 25.8 Å². The molecule has 0 saturated carbocycles. The number of amides is 2. The van der Waals surface area contributed by atoms with Gasteiger partial charge in [-0.2, -0.15) is 0 Å². The topological polar surface area (TPSA) is 105 Å². The van der Waals surface area contributed by atoms with E-state index < -0.39 is 12.1 Å². The Kier molecular flexibility index (Phi) is 7.44. The molecule has 3 aromatic carbocycles. The highest BCUT2D eigenvalue weighted by Crippen LogP contribution is 2.24. The zero-order valence-electron chi connectivity index (χ0n) is 18.9. The number of alkyl carbamates (subject to hydrolysis) is 1. The van der Waals surface area contributed by atoms with Crippen LogP contribution in [0, 0.1) is 0 Å². The van der Waals surface area contributed by atoms with Crippen molar-refractivity contribution in [3.05, 3.63) is 101 Å². The molecule has 0 aromatic heterocycles. The van der Waals surface area contributed by atoms with Gasteiger partial charge in [-0.25, -0.2) is 4.79 Å². The first kappa shape index (κ1) is 23.3. The summed E-state index contributed by atoms with van der Waals surface area (Å²) in [5.74, 6) is -0.00592. The molecule has 0 aliphatic carbocycles. The van der Waals surface area contributed by atoms with Crippen molar-refractivity contribution in [2.24, 2.45) is 5.73 Å². The van der Waals surface area contributed by atoms with Crippen molar-refractivity contribution in [1.82, 2.24) is 10.2 Å². The lowest BCUT2D eigenvalue weighted by Gasteiger charge is -2.38. The van der Waals surface area contributed by atoms with Gasteiger partial charge in [0.25, 0.3) is 0 Å². The predicted octanol–water partition coefficient (Wildman–Crippen LogP) is 3.14. The molecule has 4 rings (SSSR count). The highest BCUT2D eigenvalue weighted by molar-refractivity contribution is 5.82. The van der Waals surface area contributed by atoms with Crippen molar-refractivity contribution >= 4 is 12.0 Å². The van der Waals surface area contributed by atoms with Crippen molar-refractivity contribution in [2.75, 3.05) is 6.54 Å². The minimum atomic E-state index is -0.734. The third kappa shape index (κ3) is 5.94. The number of hydrogen-bond donors (Lipinski definition) is 3. The smallest absolute Gasteiger partial charge is 0.407 e. The summed E-state index contributed by atoms with van der Waals surface area (Å²) in [7, 11) is 0. The molecule has 0 fully saturated rings. The minimum absolute atomic E-state index is 0.168. The van der Waals surface area contributed by atoms with Crippen LogP contribution in [0.3, 0.4) is 0 Å². The van der Waals surface area contributed by atoms with Crippen LogP contribution in [0.4, 0.5) is 4.79 Å². The van der Waals surface area contributed by atoms with Gasteiger partial charge >= 0.3 is 6.09 Å². The molecule has 1 aliphatic heterocycles. The van der Waals surface area contributed by atoms with Crippen molar-refractivity contribution in [3.8, 4) is 5.75 Å². The van der Waals surface area contributed by atoms with Crippen LogP contribution in [0.15, 0.2) is 78.9 Å². The molecule has 1 aliphatic rings. The summed E-state index contributed by atoms with van der Waals surface area (Å²) in [5, 5.41) is 12.3. The summed E-state index contributed by atoms with van der Waals surface area (Å²) < 4.78 is 5.32. The molecule has 4 N–H and O–H groups in total. The zero-order chi connectivity index (χ0) is 23.9. The number of hydrogen-bond acceptors (Lipinski definition) is 5. The van der Waals surface area contributed by atoms with Gasteiger partial charge in [-0.15, -0.1) is 0 Å². The van der Waals surface area contributed by atoms with Crippen molar-refractivity contribution in [2.45, 2.75) is 38.1 Å². The number of ether oxygens (including phenoxy) is 1. The monoisotopic (exact) mass is 459 g/mol. The number of phenols is 1. The predicted molar refractivity (Wildman–Crippen MR) is 129 cm³/mol. The Bertz CT molecular complexity index is 1120. The third-order valence-corrected chi connectivity index (χ3v) is 6.04. The van der Waals surface area contributed by atoms with Gasteiger partial charge in [-0.3, -0.25) is 4.79 Å². The standard InChI is InChI=1S/C27H29N3O4/c28-25(14-19-10-12-24(31)13-11-19)26(32)30-17-22-9-5-4-8-21(22)15-23(30)16-29-27(33)34-18-20-6-2-1-3-7-20/h1-13,23,25,31H,14-18,28H2,(H,29,33)/t23-,25-/m0/s1. The first-order valence-electron chi connectivity index (χ1n) is 11.3. The average molecular weight is 460 g/mol. The molecule has 3 aromatic rings. The van der Waals surface area contributed by atoms with E-state index in [1.807, 2.05) is 54.6 Å². The Morgan fingerprint density at radius 1 is 0.971 bits per heavy atom. The molecule has 0 saturated heterocycles. The quantitative estimate of drug-likeness (QED) is 0.504. The van der Waals surface area contributed by atoms with Gasteiger partial charge in [0.15, 0.2) is 0 Å². The molecular formula is C27H29N3O4. The molecule has 0 bridgehead atoms. The summed E-state index contributed by atoms with van der Waals surface area (Å²) >= 11 is 0. The Morgan fingerprint density at radius 2 is 1.65 bits per heavy atom. The molecule has 7 nitrogen and oxygen atoms in total. The molecule has 0 radical (unpaired) electrons. The second-order valence-electron chi connectivity index (χ2n) is 8.51. The van der Waals surface area contributed by atoms with Gasteiger partial charge in [-0.1, -0.05) is 66.7 Å². The van der Waals surface area contributed by atoms with Gasteiger partial charge in [0.1, 0.15) is 12.4 Å². The summed E-state index contributed by atoms with van der Waals surface area (Å²) in [6, 6.07) is 23.2. The summed E-state index contributed by atoms with van der Waals surface area (Å²) in [5.41, 5.74) is 10.3. The first-order valence-corrected chi connectivity index (χ1v) is 11.3. The van der Waals surface area contributed by atoms with Crippen LogP contribution >= 0.6 is 0 Å². The molecule has 34 heavy (non-hydrogen) atoms. The van der Waals surface area contributed by atoms with Crippen LogP contribution in [0.2, 0.25) is 0 Å². The van der Waals surface area contributed by atoms with Gasteiger partial charge in [-0.05, 0) is 47.2 Å². The molecule has 0 unspecified atom stereocenters. The zero-order valence-corrected chi connectivity index (χ0v) is 18.9. The maximum absolute atomic E-state index is 13.4. The first-order chi connectivity index (χ1) is 16.5. The maximum atomic E-state index is 13.4. The maximum Gasteiger partial charge on any atom is 0.407 e. The Hall–Kier alpha value is -3.84. The van der Waals surface area contributed by atoms with E-state index in [9.17, 15) is 14.7 Å². The van der Waals surface area contributed by atoms with E-state index >= 15 is 0 Å². The second-order valence-corrected chi connectivity index (χ2v) is 8.51. The van der Waals surface area contributed by atoms with E-state index in [1.54, 1.807) is 29.2 Å². The average Bonchev–Trinajstić information content (AvgIpc) is 2.87. The highest BCUT2D eigenvalue weighted by atomic mass is 16.5. The number of nitrogens with zero attached hydrogens (tertiary/aromatic N) is 1. The Morgan fingerprint density at radius 3 is 2.38 bits per heavy atom. The van der Waals surface area contributed by atoms with Gasteiger partial charge in [0.05, 0.1) is 12.1 Å². The fourth-order valence-corrected chi connectivity index (χ4v) is 4.19. The lowest BCUT2D eigenvalue weighted by molar-refractivity contribution is -0.136. The number of aromatic hydroxyl groups is 1. The van der Waals surface area contributed by atoms with E-state index in [4.69, 9.17) is 10.5 Å². The number of rotatable bonds is 7. The Balaban J connectivity index is 1.41. The number of phenolic OH excluding ortho intramolecular Hbond substituents is 1. The minimum Gasteiger partial charge on any atom is -0.508 e. The number of nitrogens with two attached hydrogens (primary N) is 1. The van der Waals surface area contributed by atoms with Crippen LogP contribution in [-0.2, 0) is 35.5 Å².